The van der Waals surface area contributed by atoms with Gasteiger partial charge in [0, 0.05) is 18.6 Å². The highest BCUT2D eigenvalue weighted by Crippen LogP contribution is 2.31. The molecule has 0 amide bonds. The molecule has 0 saturated carbocycles. The van der Waals surface area contributed by atoms with Crippen LogP contribution in [-0.2, 0) is 14.2 Å². The SMILES string of the molecule is C=CCOCC(COc1ccccc1C(C)c1ccccc1)OCCOC. The number of benzene rings is 2. The molecule has 0 aliphatic rings. The molecule has 0 aliphatic heterocycles. The standard InChI is InChI=1S/C23H30O4/c1-4-14-25-17-21(26-16-15-24-3)18-27-23-13-9-8-12-22(23)19(2)20-10-6-5-7-11-20/h4-13,19,21H,1,14-18H2,2-3H3. The van der Waals surface area contributed by atoms with Gasteiger partial charge in [0.05, 0.1) is 26.4 Å². The highest BCUT2D eigenvalue weighted by Gasteiger charge is 2.16. The van der Waals surface area contributed by atoms with Crippen LogP contribution in [0.5, 0.6) is 5.75 Å². The Bertz CT molecular complexity index is 656. The molecular weight excluding hydrogens is 340 g/mol. The number of rotatable bonds is 13. The first-order valence-corrected chi connectivity index (χ1v) is 9.32. The summed E-state index contributed by atoms with van der Waals surface area (Å²) in [6, 6.07) is 18.6. The molecule has 0 fully saturated rings. The van der Waals surface area contributed by atoms with Gasteiger partial charge in [0.1, 0.15) is 18.5 Å². The molecule has 0 saturated heterocycles. The van der Waals surface area contributed by atoms with Gasteiger partial charge in [-0.25, -0.2) is 0 Å². The van der Waals surface area contributed by atoms with E-state index in [1.165, 1.54) is 5.56 Å². The van der Waals surface area contributed by atoms with Gasteiger partial charge in [-0.15, -0.1) is 6.58 Å². The number of ether oxygens (including phenoxy) is 4. The van der Waals surface area contributed by atoms with Crippen molar-refractivity contribution in [2.45, 2.75) is 18.9 Å². The van der Waals surface area contributed by atoms with Gasteiger partial charge < -0.3 is 18.9 Å². The zero-order valence-electron chi connectivity index (χ0n) is 16.3. The fraction of sp³-hybridized carbons (Fsp3) is 0.391. The Morgan fingerprint density at radius 2 is 1.70 bits per heavy atom. The minimum Gasteiger partial charge on any atom is -0.490 e. The molecule has 0 N–H and O–H groups in total. The minimum absolute atomic E-state index is 0.166. The largest absolute Gasteiger partial charge is 0.490 e. The van der Waals surface area contributed by atoms with Crippen molar-refractivity contribution in [2.75, 3.05) is 40.1 Å². The van der Waals surface area contributed by atoms with Crippen molar-refractivity contribution in [1.29, 1.82) is 0 Å². The molecular formula is C23H30O4. The first-order valence-electron chi connectivity index (χ1n) is 9.32. The summed E-state index contributed by atoms with van der Waals surface area (Å²) in [5, 5.41) is 0. The first kappa shape index (κ1) is 21.2. The second-order valence-corrected chi connectivity index (χ2v) is 6.29. The highest BCUT2D eigenvalue weighted by molar-refractivity contribution is 5.41. The lowest BCUT2D eigenvalue weighted by atomic mass is 9.92. The van der Waals surface area contributed by atoms with Crippen LogP contribution in [0.25, 0.3) is 0 Å². The molecule has 2 aromatic rings. The molecule has 146 valence electrons. The maximum absolute atomic E-state index is 6.13. The molecule has 2 unspecified atom stereocenters. The van der Waals surface area contributed by atoms with Crippen molar-refractivity contribution >= 4 is 0 Å². The van der Waals surface area contributed by atoms with Crippen LogP contribution in [0.15, 0.2) is 67.3 Å². The summed E-state index contributed by atoms with van der Waals surface area (Å²) in [5.74, 6) is 1.12. The van der Waals surface area contributed by atoms with Crippen LogP contribution in [0.3, 0.4) is 0 Å². The fourth-order valence-corrected chi connectivity index (χ4v) is 2.80. The van der Waals surface area contributed by atoms with E-state index in [1.54, 1.807) is 13.2 Å². The molecule has 0 aromatic heterocycles. The van der Waals surface area contributed by atoms with Crippen LogP contribution >= 0.6 is 0 Å². The van der Waals surface area contributed by atoms with Gasteiger partial charge in [0.15, 0.2) is 0 Å². The van der Waals surface area contributed by atoms with Crippen LogP contribution in [0.2, 0.25) is 0 Å². The number of hydrogen-bond donors (Lipinski definition) is 0. The van der Waals surface area contributed by atoms with Crippen LogP contribution in [0, 0.1) is 0 Å². The summed E-state index contributed by atoms with van der Waals surface area (Å²) in [7, 11) is 1.66. The molecule has 0 spiro atoms. The van der Waals surface area contributed by atoms with E-state index in [4.69, 9.17) is 18.9 Å². The summed E-state index contributed by atoms with van der Waals surface area (Å²) >= 11 is 0. The molecule has 2 atom stereocenters. The first-order chi connectivity index (χ1) is 13.3. The average molecular weight is 370 g/mol. The fourth-order valence-electron chi connectivity index (χ4n) is 2.80. The van der Waals surface area contributed by atoms with Crippen molar-refractivity contribution in [3.05, 3.63) is 78.4 Å². The lowest BCUT2D eigenvalue weighted by Gasteiger charge is -2.21. The van der Waals surface area contributed by atoms with E-state index in [2.05, 4.69) is 43.8 Å². The van der Waals surface area contributed by atoms with Gasteiger partial charge in [-0.1, -0.05) is 61.5 Å². The van der Waals surface area contributed by atoms with Crippen LogP contribution in [0.1, 0.15) is 24.0 Å². The topological polar surface area (TPSA) is 36.9 Å². The molecule has 4 heteroatoms. The van der Waals surface area contributed by atoms with Gasteiger partial charge >= 0.3 is 0 Å². The number of hydrogen-bond acceptors (Lipinski definition) is 4. The predicted molar refractivity (Wildman–Crippen MR) is 109 cm³/mol. The average Bonchev–Trinajstić information content (AvgIpc) is 2.72. The molecule has 0 aliphatic carbocycles. The maximum atomic E-state index is 6.13. The Morgan fingerprint density at radius 1 is 0.963 bits per heavy atom. The third kappa shape index (κ3) is 7.18. The Hall–Kier alpha value is -2.14. The smallest absolute Gasteiger partial charge is 0.123 e. The highest BCUT2D eigenvalue weighted by atomic mass is 16.6. The molecule has 27 heavy (non-hydrogen) atoms. The summed E-state index contributed by atoms with van der Waals surface area (Å²) in [6.45, 7) is 8.26. The van der Waals surface area contributed by atoms with Crippen LogP contribution in [-0.4, -0.2) is 46.2 Å². The summed E-state index contributed by atoms with van der Waals surface area (Å²) in [5.41, 5.74) is 2.42. The molecule has 0 radical (unpaired) electrons. The molecule has 0 heterocycles. The van der Waals surface area contributed by atoms with Gasteiger partial charge in [0.25, 0.3) is 0 Å². The molecule has 0 bridgehead atoms. The normalized spacial score (nSPS) is 13.1. The lowest BCUT2D eigenvalue weighted by Crippen LogP contribution is -2.29. The Kier molecular flexibility index (Phi) is 9.63. The van der Waals surface area contributed by atoms with Crippen LogP contribution < -0.4 is 4.74 Å². The van der Waals surface area contributed by atoms with E-state index in [-0.39, 0.29) is 12.0 Å². The van der Waals surface area contributed by atoms with Crippen molar-refractivity contribution in [3.8, 4) is 5.75 Å². The summed E-state index contributed by atoms with van der Waals surface area (Å²) in [4.78, 5) is 0. The second-order valence-electron chi connectivity index (χ2n) is 6.29. The summed E-state index contributed by atoms with van der Waals surface area (Å²) in [6.07, 6.45) is 1.56. The van der Waals surface area contributed by atoms with Crippen molar-refractivity contribution < 1.29 is 18.9 Å². The van der Waals surface area contributed by atoms with Crippen molar-refractivity contribution in [3.63, 3.8) is 0 Å². The zero-order chi connectivity index (χ0) is 19.3. The molecule has 4 nitrogen and oxygen atoms in total. The molecule has 2 rings (SSSR count). The number of methoxy groups -OCH3 is 1. The van der Waals surface area contributed by atoms with Gasteiger partial charge in [0.2, 0.25) is 0 Å². The van der Waals surface area contributed by atoms with E-state index in [0.717, 1.165) is 11.3 Å². The van der Waals surface area contributed by atoms with E-state index in [1.807, 2.05) is 24.3 Å². The Labute approximate surface area is 162 Å². The van der Waals surface area contributed by atoms with Gasteiger partial charge in [-0.05, 0) is 11.6 Å². The monoisotopic (exact) mass is 370 g/mol. The van der Waals surface area contributed by atoms with E-state index in [0.29, 0.717) is 33.0 Å². The maximum Gasteiger partial charge on any atom is 0.123 e. The zero-order valence-corrected chi connectivity index (χ0v) is 16.3. The minimum atomic E-state index is -0.166. The number of para-hydroxylation sites is 1. The lowest BCUT2D eigenvalue weighted by molar-refractivity contribution is -0.0462. The quantitative estimate of drug-likeness (QED) is 0.386. The van der Waals surface area contributed by atoms with Gasteiger partial charge in [-0.2, -0.15) is 0 Å². The molecule has 2 aromatic carbocycles. The van der Waals surface area contributed by atoms with E-state index >= 15 is 0 Å². The predicted octanol–water partition coefficient (Wildman–Crippen LogP) is 4.45. The third-order valence-electron chi connectivity index (χ3n) is 4.29. The summed E-state index contributed by atoms with van der Waals surface area (Å²) < 4.78 is 22.6. The van der Waals surface area contributed by atoms with Crippen LogP contribution in [0.4, 0.5) is 0 Å². The van der Waals surface area contributed by atoms with E-state index < -0.39 is 0 Å². The third-order valence-corrected chi connectivity index (χ3v) is 4.29. The second kappa shape index (κ2) is 12.3. The van der Waals surface area contributed by atoms with E-state index in [9.17, 15) is 0 Å². The van der Waals surface area contributed by atoms with Gasteiger partial charge in [-0.3, -0.25) is 0 Å². The Balaban J connectivity index is 2.02. The van der Waals surface area contributed by atoms with Crippen molar-refractivity contribution in [1.82, 2.24) is 0 Å². The Morgan fingerprint density at radius 3 is 2.44 bits per heavy atom. The van der Waals surface area contributed by atoms with Crippen molar-refractivity contribution in [2.24, 2.45) is 0 Å².